The van der Waals surface area contributed by atoms with Gasteiger partial charge in [-0.15, -0.1) is 0 Å². The highest BCUT2D eigenvalue weighted by molar-refractivity contribution is 7.92. The van der Waals surface area contributed by atoms with Crippen molar-refractivity contribution in [2.75, 3.05) is 34.7 Å². The summed E-state index contributed by atoms with van der Waals surface area (Å²) in [4.78, 5) is 30.8. The largest absolute Gasteiger partial charge is 0.369 e. The minimum absolute atomic E-state index is 0.0130. The lowest BCUT2D eigenvalue weighted by atomic mass is 9.97. The number of pyridine rings is 1. The average Bonchev–Trinajstić information content (AvgIpc) is 2.89. The molecule has 0 radical (unpaired) electrons. The Labute approximate surface area is 204 Å². The molecule has 10 heteroatoms. The zero-order chi connectivity index (χ0) is 25.0. The summed E-state index contributed by atoms with van der Waals surface area (Å²) in [6, 6.07) is 18.1. The number of piperidine rings is 1. The van der Waals surface area contributed by atoms with Crippen LogP contribution in [0.2, 0.25) is 0 Å². The molecule has 35 heavy (non-hydrogen) atoms. The van der Waals surface area contributed by atoms with E-state index in [4.69, 9.17) is 5.73 Å². The number of carbonyl (C=O) groups is 2. The molecular weight excluding hydrogens is 466 g/mol. The summed E-state index contributed by atoms with van der Waals surface area (Å²) >= 11 is 0. The number of nitrogens with one attached hydrogen (secondary N) is 1. The first-order chi connectivity index (χ1) is 16.8. The van der Waals surface area contributed by atoms with E-state index in [0.29, 0.717) is 23.7 Å². The molecule has 3 N–H and O–H groups in total. The molecule has 1 aliphatic rings. The van der Waals surface area contributed by atoms with Gasteiger partial charge >= 0.3 is 0 Å². The molecule has 182 valence electrons. The number of nitrogens with two attached hydrogens (primary N) is 1. The predicted molar refractivity (Wildman–Crippen MR) is 135 cm³/mol. The van der Waals surface area contributed by atoms with E-state index in [0.717, 1.165) is 19.4 Å². The molecule has 1 saturated heterocycles. The third kappa shape index (κ3) is 5.43. The highest BCUT2D eigenvalue weighted by atomic mass is 32.2. The Bertz CT molecular complexity index is 1310. The van der Waals surface area contributed by atoms with Crippen LogP contribution in [0.25, 0.3) is 0 Å². The van der Waals surface area contributed by atoms with Crippen LogP contribution in [0.1, 0.15) is 23.2 Å². The number of hydrogen-bond donors (Lipinski definition) is 2. The highest BCUT2D eigenvalue weighted by Gasteiger charge is 2.25. The lowest BCUT2D eigenvalue weighted by Crippen LogP contribution is -2.41. The molecule has 0 spiro atoms. The molecule has 0 bridgehead atoms. The zero-order valence-electron chi connectivity index (χ0n) is 19.3. The number of hydrogen-bond acceptors (Lipinski definition) is 6. The quantitative estimate of drug-likeness (QED) is 0.521. The number of carbonyl (C=O) groups excluding carboxylic acids is 2. The molecule has 0 aliphatic carbocycles. The minimum atomic E-state index is -3.85. The Kier molecular flexibility index (Phi) is 7.02. The van der Waals surface area contributed by atoms with Crippen molar-refractivity contribution < 1.29 is 18.0 Å². The number of nitrogens with zero attached hydrogens (tertiary/aromatic N) is 3. The van der Waals surface area contributed by atoms with Crippen LogP contribution in [-0.2, 0) is 14.8 Å². The van der Waals surface area contributed by atoms with Crippen molar-refractivity contribution in [1.29, 1.82) is 0 Å². The van der Waals surface area contributed by atoms with Crippen LogP contribution in [0, 0.1) is 5.92 Å². The summed E-state index contributed by atoms with van der Waals surface area (Å²) in [6.07, 6.45) is 3.16. The fourth-order valence-electron chi connectivity index (χ4n) is 4.00. The van der Waals surface area contributed by atoms with Gasteiger partial charge in [0.25, 0.3) is 15.9 Å². The number of anilines is 3. The van der Waals surface area contributed by atoms with Gasteiger partial charge in [-0.05, 0) is 55.3 Å². The standard InChI is InChI=1S/C25H27N5O4S/c1-29(21-9-3-2-4-10-21)35(33,34)22-11-5-7-18(15-22)25(32)28-20-12-13-23(27-16-20)30-14-6-8-19(17-30)24(26)31/h2-5,7,9-13,15-16,19H,6,8,14,17H2,1H3,(H2,26,31)(H,28,32). The normalized spacial score (nSPS) is 15.9. The van der Waals surface area contributed by atoms with Gasteiger partial charge in [0.1, 0.15) is 5.82 Å². The summed E-state index contributed by atoms with van der Waals surface area (Å²) in [7, 11) is -2.38. The van der Waals surface area contributed by atoms with Crippen LogP contribution in [0.3, 0.4) is 0 Å². The smallest absolute Gasteiger partial charge is 0.264 e. The maximum absolute atomic E-state index is 13.1. The number of aromatic nitrogens is 1. The number of rotatable bonds is 7. The summed E-state index contributed by atoms with van der Waals surface area (Å²) in [5.41, 5.74) is 6.64. The van der Waals surface area contributed by atoms with Crippen molar-refractivity contribution in [2.45, 2.75) is 17.7 Å². The lowest BCUT2D eigenvalue weighted by Gasteiger charge is -2.32. The Morgan fingerprint density at radius 3 is 2.54 bits per heavy atom. The van der Waals surface area contributed by atoms with E-state index in [9.17, 15) is 18.0 Å². The summed E-state index contributed by atoms with van der Waals surface area (Å²) in [5.74, 6) is -0.260. The second-order valence-corrected chi connectivity index (χ2v) is 10.4. The van der Waals surface area contributed by atoms with Crippen LogP contribution in [0.5, 0.6) is 0 Å². The van der Waals surface area contributed by atoms with Crippen molar-refractivity contribution in [1.82, 2.24) is 4.98 Å². The first-order valence-electron chi connectivity index (χ1n) is 11.2. The minimum Gasteiger partial charge on any atom is -0.369 e. The van der Waals surface area contributed by atoms with E-state index in [1.54, 1.807) is 48.5 Å². The van der Waals surface area contributed by atoms with Gasteiger partial charge in [0.05, 0.1) is 28.4 Å². The van der Waals surface area contributed by atoms with Crippen molar-refractivity contribution >= 4 is 39.0 Å². The average molecular weight is 494 g/mol. The molecule has 1 atom stereocenters. The number of benzene rings is 2. The lowest BCUT2D eigenvalue weighted by molar-refractivity contribution is -0.122. The third-order valence-corrected chi connectivity index (χ3v) is 7.81. The van der Waals surface area contributed by atoms with E-state index in [-0.39, 0.29) is 22.3 Å². The maximum atomic E-state index is 13.1. The Morgan fingerprint density at radius 2 is 1.86 bits per heavy atom. The van der Waals surface area contributed by atoms with Gasteiger partial charge < -0.3 is 16.0 Å². The topological polar surface area (TPSA) is 126 Å². The molecular formula is C25H27N5O4S. The van der Waals surface area contributed by atoms with Crippen molar-refractivity contribution in [3.05, 3.63) is 78.5 Å². The second kappa shape index (κ2) is 10.1. The Morgan fingerprint density at radius 1 is 1.09 bits per heavy atom. The van der Waals surface area contributed by atoms with Crippen LogP contribution in [0.4, 0.5) is 17.2 Å². The molecule has 2 aromatic carbocycles. The van der Waals surface area contributed by atoms with Crippen LogP contribution < -0.4 is 20.3 Å². The monoisotopic (exact) mass is 493 g/mol. The molecule has 9 nitrogen and oxygen atoms in total. The number of sulfonamides is 1. The van der Waals surface area contributed by atoms with Gasteiger partial charge in [0, 0.05) is 25.7 Å². The second-order valence-electron chi connectivity index (χ2n) is 8.38. The molecule has 0 saturated carbocycles. The molecule has 1 unspecified atom stereocenters. The SMILES string of the molecule is CN(c1ccccc1)S(=O)(=O)c1cccc(C(=O)Nc2ccc(N3CCCC(C(N)=O)C3)nc2)c1. The summed E-state index contributed by atoms with van der Waals surface area (Å²) in [6.45, 7) is 1.30. The molecule has 1 fully saturated rings. The molecule has 1 aromatic heterocycles. The summed E-state index contributed by atoms with van der Waals surface area (Å²) in [5, 5.41) is 2.75. The van der Waals surface area contributed by atoms with Gasteiger partial charge in [0.2, 0.25) is 5.91 Å². The van der Waals surface area contributed by atoms with E-state index >= 15 is 0 Å². The van der Waals surface area contributed by atoms with E-state index in [1.807, 2.05) is 4.90 Å². The van der Waals surface area contributed by atoms with Gasteiger partial charge in [-0.3, -0.25) is 13.9 Å². The molecule has 4 rings (SSSR count). The van der Waals surface area contributed by atoms with Gasteiger partial charge in [0.15, 0.2) is 0 Å². The Balaban J connectivity index is 1.46. The third-order valence-electron chi connectivity index (χ3n) is 6.03. The van der Waals surface area contributed by atoms with E-state index < -0.39 is 15.9 Å². The predicted octanol–water partition coefficient (Wildman–Crippen LogP) is 2.86. The van der Waals surface area contributed by atoms with E-state index in [1.165, 1.54) is 35.7 Å². The fourth-order valence-corrected chi connectivity index (χ4v) is 5.24. The molecule has 1 aliphatic heterocycles. The summed E-state index contributed by atoms with van der Waals surface area (Å²) < 4.78 is 27.3. The van der Waals surface area contributed by atoms with Gasteiger partial charge in [-0.25, -0.2) is 13.4 Å². The molecule has 2 heterocycles. The Hall–Kier alpha value is -3.92. The zero-order valence-corrected chi connectivity index (χ0v) is 20.1. The fraction of sp³-hybridized carbons (Fsp3) is 0.240. The first-order valence-corrected chi connectivity index (χ1v) is 12.7. The number of para-hydroxylation sites is 1. The molecule has 3 aromatic rings. The van der Waals surface area contributed by atoms with Crippen molar-refractivity contribution in [3.63, 3.8) is 0 Å². The maximum Gasteiger partial charge on any atom is 0.264 e. The van der Waals surface area contributed by atoms with Gasteiger partial charge in [-0.1, -0.05) is 24.3 Å². The van der Waals surface area contributed by atoms with Crippen LogP contribution in [0.15, 0.2) is 77.8 Å². The van der Waals surface area contributed by atoms with Crippen LogP contribution in [-0.4, -0.2) is 45.4 Å². The highest BCUT2D eigenvalue weighted by Crippen LogP contribution is 2.24. The first kappa shape index (κ1) is 24.2. The van der Waals surface area contributed by atoms with Crippen molar-refractivity contribution in [2.24, 2.45) is 11.7 Å². The number of amides is 2. The van der Waals surface area contributed by atoms with Crippen LogP contribution >= 0.6 is 0 Å². The van der Waals surface area contributed by atoms with E-state index in [2.05, 4.69) is 10.3 Å². The number of primary amides is 1. The van der Waals surface area contributed by atoms with Crippen molar-refractivity contribution in [3.8, 4) is 0 Å². The molecule has 2 amide bonds. The van der Waals surface area contributed by atoms with Gasteiger partial charge in [-0.2, -0.15) is 0 Å².